The normalized spacial score (nSPS) is 22.3. The van der Waals surface area contributed by atoms with Gasteiger partial charge in [-0.05, 0) is 39.8 Å². The summed E-state index contributed by atoms with van der Waals surface area (Å²) in [5, 5.41) is 9.86. The maximum Gasteiger partial charge on any atom is 0.269 e. The van der Waals surface area contributed by atoms with Crippen LogP contribution in [0.1, 0.15) is 43.1 Å². The van der Waals surface area contributed by atoms with Crippen LogP contribution in [0.5, 0.6) is 5.88 Å². The summed E-state index contributed by atoms with van der Waals surface area (Å²) in [5.74, 6) is 0.896. The van der Waals surface area contributed by atoms with E-state index in [4.69, 9.17) is 4.74 Å². The van der Waals surface area contributed by atoms with Crippen LogP contribution in [-0.4, -0.2) is 54.3 Å². The summed E-state index contributed by atoms with van der Waals surface area (Å²) < 4.78 is 5.27. The van der Waals surface area contributed by atoms with Gasteiger partial charge in [-0.3, -0.25) is 9.89 Å². The lowest BCUT2D eigenvalue weighted by Gasteiger charge is -2.33. The van der Waals surface area contributed by atoms with Crippen molar-refractivity contribution in [1.82, 2.24) is 20.4 Å². The molecule has 1 amide bonds. The number of nitrogens with zero attached hydrogens (tertiary/aromatic N) is 2. The van der Waals surface area contributed by atoms with Crippen molar-refractivity contribution >= 4 is 5.91 Å². The van der Waals surface area contributed by atoms with Crippen molar-refractivity contribution in [1.29, 1.82) is 0 Å². The van der Waals surface area contributed by atoms with Gasteiger partial charge >= 0.3 is 0 Å². The molecule has 1 saturated carbocycles. The van der Waals surface area contributed by atoms with E-state index in [0.29, 0.717) is 24.1 Å². The van der Waals surface area contributed by atoms with Crippen molar-refractivity contribution < 1.29 is 9.53 Å². The van der Waals surface area contributed by atoms with Crippen molar-refractivity contribution in [3.8, 4) is 5.88 Å². The fourth-order valence-electron chi connectivity index (χ4n) is 2.97. The zero-order valence-corrected chi connectivity index (χ0v) is 13.2. The summed E-state index contributed by atoms with van der Waals surface area (Å²) in [6.07, 6.45) is 4.67. The molecule has 1 heterocycles. The average molecular weight is 294 g/mol. The summed E-state index contributed by atoms with van der Waals surface area (Å²) in [6.45, 7) is 3.44. The molecule has 2 unspecified atom stereocenters. The largest absolute Gasteiger partial charge is 0.477 e. The van der Waals surface area contributed by atoms with E-state index in [2.05, 4.69) is 34.5 Å². The molecule has 0 spiro atoms. The number of carbonyl (C=O) groups excluding carboxylic acids is 1. The molecule has 2 N–H and O–H groups in total. The molecule has 1 fully saturated rings. The molecule has 0 aliphatic heterocycles. The number of carbonyl (C=O) groups is 1. The monoisotopic (exact) mass is 294 g/mol. The van der Waals surface area contributed by atoms with E-state index in [0.717, 1.165) is 13.0 Å². The van der Waals surface area contributed by atoms with Gasteiger partial charge < -0.3 is 15.0 Å². The summed E-state index contributed by atoms with van der Waals surface area (Å²) in [4.78, 5) is 14.5. The summed E-state index contributed by atoms with van der Waals surface area (Å²) >= 11 is 0. The number of hydrogen-bond donors (Lipinski definition) is 2. The lowest BCUT2D eigenvalue weighted by atomic mass is 9.84. The number of nitrogens with one attached hydrogen (secondary N) is 2. The summed E-state index contributed by atoms with van der Waals surface area (Å²) in [6, 6.07) is 1.90. The first-order valence-electron chi connectivity index (χ1n) is 7.74. The van der Waals surface area contributed by atoms with Gasteiger partial charge in [0.2, 0.25) is 5.88 Å². The van der Waals surface area contributed by atoms with Gasteiger partial charge in [-0.25, -0.2) is 0 Å². The van der Waals surface area contributed by atoms with E-state index >= 15 is 0 Å². The first-order chi connectivity index (χ1) is 10.1. The Balaban J connectivity index is 1.95. The van der Waals surface area contributed by atoms with Crippen molar-refractivity contribution in [2.45, 2.75) is 38.6 Å². The molecule has 21 heavy (non-hydrogen) atoms. The van der Waals surface area contributed by atoms with Crippen LogP contribution in [0.25, 0.3) is 0 Å². The van der Waals surface area contributed by atoms with Gasteiger partial charge in [0.15, 0.2) is 0 Å². The Kier molecular flexibility index (Phi) is 5.61. The van der Waals surface area contributed by atoms with E-state index in [9.17, 15) is 4.79 Å². The lowest BCUT2D eigenvalue weighted by Crippen LogP contribution is -2.45. The number of ether oxygens (including phenoxy) is 1. The van der Waals surface area contributed by atoms with Gasteiger partial charge in [0, 0.05) is 18.7 Å². The maximum atomic E-state index is 12.3. The Bertz CT molecular complexity index is 458. The lowest BCUT2D eigenvalue weighted by molar-refractivity contribution is 0.0890. The number of aromatic nitrogens is 2. The highest BCUT2D eigenvalue weighted by molar-refractivity contribution is 5.92. The highest BCUT2D eigenvalue weighted by Gasteiger charge is 2.27. The third-order valence-electron chi connectivity index (χ3n) is 3.92. The molecule has 6 heteroatoms. The number of H-pyrrole nitrogens is 1. The summed E-state index contributed by atoms with van der Waals surface area (Å²) in [7, 11) is 4.16. The van der Waals surface area contributed by atoms with Gasteiger partial charge in [0.05, 0.1) is 6.61 Å². The number of rotatable bonds is 6. The molecule has 6 nitrogen and oxygen atoms in total. The third-order valence-corrected chi connectivity index (χ3v) is 3.92. The Hall–Kier alpha value is -1.56. The Morgan fingerprint density at radius 3 is 2.95 bits per heavy atom. The van der Waals surface area contributed by atoms with Crippen LogP contribution in [-0.2, 0) is 0 Å². The summed E-state index contributed by atoms with van der Waals surface area (Å²) in [5.41, 5.74) is 0.465. The van der Waals surface area contributed by atoms with Gasteiger partial charge in [-0.1, -0.05) is 12.8 Å². The highest BCUT2D eigenvalue weighted by Crippen LogP contribution is 2.25. The quantitative estimate of drug-likeness (QED) is 0.837. The van der Waals surface area contributed by atoms with Gasteiger partial charge in [0.1, 0.15) is 5.69 Å². The van der Waals surface area contributed by atoms with Crippen molar-refractivity contribution in [2.75, 3.05) is 27.2 Å². The Morgan fingerprint density at radius 1 is 1.48 bits per heavy atom. The molecule has 2 rings (SSSR count). The smallest absolute Gasteiger partial charge is 0.269 e. The van der Waals surface area contributed by atoms with Crippen LogP contribution >= 0.6 is 0 Å². The van der Waals surface area contributed by atoms with E-state index < -0.39 is 0 Å². The van der Waals surface area contributed by atoms with Crippen LogP contribution in [0.4, 0.5) is 0 Å². The van der Waals surface area contributed by atoms with Gasteiger partial charge in [-0.15, -0.1) is 5.10 Å². The fourth-order valence-corrected chi connectivity index (χ4v) is 2.97. The number of amides is 1. The van der Waals surface area contributed by atoms with Crippen molar-refractivity contribution in [3.63, 3.8) is 0 Å². The molecule has 0 bridgehead atoms. The molecule has 1 aromatic rings. The minimum atomic E-state index is -0.0934. The topological polar surface area (TPSA) is 70.2 Å². The molecule has 0 radical (unpaired) electrons. The number of aromatic amines is 1. The fraction of sp³-hybridized carbons (Fsp3) is 0.733. The van der Waals surface area contributed by atoms with Crippen LogP contribution in [0.3, 0.4) is 0 Å². The molecule has 0 aromatic carbocycles. The minimum absolute atomic E-state index is 0.0934. The SMILES string of the molecule is CCOc1cc(C(=O)NC2CCCCC2CN(C)C)[nH]n1. The molecule has 2 atom stereocenters. The number of hydrogen-bond acceptors (Lipinski definition) is 4. The Labute approximate surface area is 126 Å². The maximum absolute atomic E-state index is 12.3. The predicted molar refractivity (Wildman–Crippen MR) is 81.5 cm³/mol. The molecule has 0 saturated heterocycles. The molecular formula is C15H26N4O2. The molecular weight excluding hydrogens is 268 g/mol. The zero-order chi connectivity index (χ0) is 15.2. The van der Waals surface area contributed by atoms with Gasteiger partial charge in [0.25, 0.3) is 5.91 Å². The zero-order valence-electron chi connectivity index (χ0n) is 13.2. The van der Waals surface area contributed by atoms with Crippen LogP contribution < -0.4 is 10.1 Å². The van der Waals surface area contributed by atoms with Crippen molar-refractivity contribution in [2.24, 2.45) is 5.92 Å². The third kappa shape index (κ3) is 4.46. The highest BCUT2D eigenvalue weighted by atomic mass is 16.5. The van der Waals surface area contributed by atoms with E-state index in [1.54, 1.807) is 6.07 Å². The molecule has 1 aliphatic rings. The van der Waals surface area contributed by atoms with E-state index in [-0.39, 0.29) is 11.9 Å². The average Bonchev–Trinajstić information content (AvgIpc) is 2.89. The first-order valence-corrected chi connectivity index (χ1v) is 7.74. The van der Waals surface area contributed by atoms with Crippen LogP contribution in [0.2, 0.25) is 0 Å². The minimum Gasteiger partial charge on any atom is -0.477 e. The second-order valence-corrected chi connectivity index (χ2v) is 5.94. The standard InChI is InChI=1S/C15H26N4O2/c1-4-21-14-9-13(17-18-14)15(20)16-12-8-6-5-7-11(12)10-19(2)3/h9,11-12H,4-8,10H2,1-3H3,(H,16,20)(H,17,18). The molecule has 118 valence electrons. The van der Waals surface area contributed by atoms with Crippen LogP contribution in [0, 0.1) is 5.92 Å². The van der Waals surface area contributed by atoms with E-state index in [1.807, 2.05) is 6.92 Å². The predicted octanol–water partition coefficient (Wildman–Crippen LogP) is 1.66. The second-order valence-electron chi connectivity index (χ2n) is 5.94. The van der Waals surface area contributed by atoms with E-state index in [1.165, 1.54) is 19.3 Å². The second kappa shape index (κ2) is 7.45. The van der Waals surface area contributed by atoms with Gasteiger partial charge in [-0.2, -0.15) is 0 Å². The first kappa shape index (κ1) is 15.8. The molecule has 1 aliphatic carbocycles. The van der Waals surface area contributed by atoms with Crippen LogP contribution in [0.15, 0.2) is 6.07 Å². The molecule has 1 aromatic heterocycles. The van der Waals surface area contributed by atoms with Crippen molar-refractivity contribution in [3.05, 3.63) is 11.8 Å². The Morgan fingerprint density at radius 2 is 2.24 bits per heavy atom.